The molecule has 218 valence electrons. The molecule has 0 radical (unpaired) electrons. The molecule has 1 N–H and O–H groups in total. The van der Waals surface area contributed by atoms with Gasteiger partial charge in [0.25, 0.3) is 0 Å². The molecular weight excluding hydrogens is 519 g/mol. The fraction of sp³-hybridized carbons (Fsp3) is 0.471. The van der Waals surface area contributed by atoms with E-state index in [1.807, 2.05) is 19.1 Å². The zero-order chi connectivity index (χ0) is 29.3. The van der Waals surface area contributed by atoms with Crippen LogP contribution in [0.25, 0.3) is 11.1 Å². The van der Waals surface area contributed by atoms with Crippen molar-refractivity contribution in [2.24, 2.45) is 11.8 Å². The van der Waals surface area contributed by atoms with E-state index < -0.39 is 11.9 Å². The van der Waals surface area contributed by atoms with Crippen molar-refractivity contribution in [1.82, 2.24) is 9.88 Å². The van der Waals surface area contributed by atoms with Crippen LogP contribution >= 0.6 is 0 Å². The van der Waals surface area contributed by atoms with Crippen molar-refractivity contribution >= 4 is 5.97 Å². The minimum absolute atomic E-state index is 0.00373. The number of hydrogen-bond donors (Lipinski definition) is 1. The standard InChI is InChI=1S/C34H41FN2O4/c1-6-37(20(2)3)19-26-15-24(11-13-27(26)28-17-32(40-5)36-18-29(28)35)30-14-12-22-7-10-25(16-31(22)41-30)33(23-8-9-23)21(4)34(38)39/h7,10-11,13,15-18,20-21,23,30,33H,6,8-9,12,14,19H2,1-5H3,(H,38,39)/t21-,30?,33-/m0/s1. The second kappa shape index (κ2) is 12.2. The van der Waals surface area contributed by atoms with Crippen molar-refractivity contribution in [3.05, 3.63) is 76.7 Å². The first-order valence-electron chi connectivity index (χ1n) is 14.8. The van der Waals surface area contributed by atoms with Gasteiger partial charge in [0, 0.05) is 24.2 Å². The van der Waals surface area contributed by atoms with Crippen molar-refractivity contribution in [3.8, 4) is 22.8 Å². The number of carboxylic acid groups (broad SMARTS) is 1. The Balaban J connectivity index is 1.48. The number of aliphatic carboxylic acids is 1. The van der Waals surface area contributed by atoms with Crippen molar-refractivity contribution in [2.75, 3.05) is 13.7 Å². The maximum Gasteiger partial charge on any atom is 0.306 e. The second-order valence-electron chi connectivity index (χ2n) is 11.8. The molecule has 0 spiro atoms. The molecule has 0 bridgehead atoms. The van der Waals surface area contributed by atoms with E-state index in [9.17, 15) is 9.90 Å². The van der Waals surface area contributed by atoms with Gasteiger partial charge in [-0.25, -0.2) is 9.37 Å². The minimum atomic E-state index is -0.753. The van der Waals surface area contributed by atoms with Crippen LogP contribution in [0.4, 0.5) is 4.39 Å². The molecule has 7 heteroatoms. The Morgan fingerprint density at radius 2 is 1.90 bits per heavy atom. The molecule has 41 heavy (non-hydrogen) atoms. The van der Waals surface area contributed by atoms with E-state index in [0.29, 0.717) is 29.9 Å². The summed E-state index contributed by atoms with van der Waals surface area (Å²) in [5, 5.41) is 9.74. The Hall–Kier alpha value is -3.45. The molecule has 1 unspecified atom stereocenters. The van der Waals surface area contributed by atoms with E-state index in [1.165, 1.54) is 13.3 Å². The molecule has 2 aromatic carbocycles. The van der Waals surface area contributed by atoms with Crippen LogP contribution in [0, 0.1) is 17.7 Å². The van der Waals surface area contributed by atoms with E-state index in [2.05, 4.69) is 54.9 Å². The molecular formula is C34H41FN2O4. The number of benzene rings is 2. The number of halogens is 1. The molecule has 3 aromatic rings. The van der Waals surface area contributed by atoms with Gasteiger partial charge in [-0.05, 0) is 91.8 Å². The van der Waals surface area contributed by atoms with E-state index in [1.54, 1.807) is 6.07 Å². The molecule has 1 aliphatic carbocycles. The molecule has 1 aliphatic heterocycles. The van der Waals surface area contributed by atoms with Gasteiger partial charge in [0.2, 0.25) is 5.88 Å². The number of ether oxygens (including phenoxy) is 2. The Labute approximate surface area is 242 Å². The molecule has 1 aromatic heterocycles. The fourth-order valence-electron chi connectivity index (χ4n) is 6.23. The van der Waals surface area contributed by atoms with Crippen LogP contribution in [0.15, 0.2) is 48.7 Å². The molecule has 0 saturated heterocycles. The topological polar surface area (TPSA) is 71.9 Å². The molecule has 1 fully saturated rings. The number of pyridine rings is 1. The minimum Gasteiger partial charge on any atom is -0.485 e. The highest BCUT2D eigenvalue weighted by Crippen LogP contribution is 2.48. The number of carboxylic acids is 1. The summed E-state index contributed by atoms with van der Waals surface area (Å²) < 4.78 is 27.0. The Morgan fingerprint density at radius 3 is 2.56 bits per heavy atom. The number of aromatic nitrogens is 1. The number of methoxy groups -OCH3 is 1. The van der Waals surface area contributed by atoms with Gasteiger partial charge in [-0.15, -0.1) is 0 Å². The summed E-state index contributed by atoms with van der Waals surface area (Å²) >= 11 is 0. The summed E-state index contributed by atoms with van der Waals surface area (Å²) in [4.78, 5) is 18.2. The van der Waals surface area contributed by atoms with Crippen molar-refractivity contribution in [3.63, 3.8) is 0 Å². The smallest absolute Gasteiger partial charge is 0.306 e. The van der Waals surface area contributed by atoms with Gasteiger partial charge >= 0.3 is 5.97 Å². The SMILES string of the molecule is CCN(Cc1cc(C2CCc3ccc([C@H](C4CC4)[C@H](C)C(=O)O)cc3O2)ccc1-c1cc(OC)ncc1F)C(C)C. The number of carbonyl (C=O) groups is 1. The van der Waals surface area contributed by atoms with E-state index in [0.717, 1.165) is 65.8 Å². The summed E-state index contributed by atoms with van der Waals surface area (Å²) in [6.45, 7) is 9.83. The lowest BCUT2D eigenvalue weighted by Gasteiger charge is -2.30. The Morgan fingerprint density at radius 1 is 1.12 bits per heavy atom. The van der Waals surface area contributed by atoms with Crippen LogP contribution < -0.4 is 9.47 Å². The fourth-order valence-corrected chi connectivity index (χ4v) is 6.23. The van der Waals surface area contributed by atoms with Crippen LogP contribution in [0.1, 0.15) is 81.2 Å². The largest absolute Gasteiger partial charge is 0.485 e. The van der Waals surface area contributed by atoms with Gasteiger partial charge in [0.15, 0.2) is 0 Å². The van der Waals surface area contributed by atoms with Crippen molar-refractivity contribution in [2.45, 2.75) is 78.0 Å². The summed E-state index contributed by atoms with van der Waals surface area (Å²) in [5.41, 5.74) is 5.57. The van der Waals surface area contributed by atoms with Crippen LogP contribution in [0.3, 0.4) is 0 Å². The van der Waals surface area contributed by atoms with Crippen molar-refractivity contribution < 1.29 is 23.8 Å². The summed E-state index contributed by atoms with van der Waals surface area (Å²) in [7, 11) is 1.53. The number of fused-ring (bicyclic) bond motifs is 1. The molecule has 0 amide bonds. The maximum atomic E-state index is 15.0. The number of nitrogens with zero attached hydrogens (tertiary/aromatic N) is 2. The molecule has 5 rings (SSSR count). The molecule has 3 atom stereocenters. The first-order valence-corrected chi connectivity index (χ1v) is 14.8. The first-order chi connectivity index (χ1) is 19.7. The molecule has 6 nitrogen and oxygen atoms in total. The Kier molecular flexibility index (Phi) is 8.64. The van der Waals surface area contributed by atoms with Crippen LogP contribution in [0.5, 0.6) is 11.6 Å². The predicted octanol–water partition coefficient (Wildman–Crippen LogP) is 7.41. The lowest BCUT2D eigenvalue weighted by Crippen LogP contribution is -2.30. The van der Waals surface area contributed by atoms with E-state index in [-0.39, 0.29) is 17.8 Å². The predicted molar refractivity (Wildman–Crippen MR) is 158 cm³/mol. The summed E-state index contributed by atoms with van der Waals surface area (Å²) in [5.74, 6) is 0.0525. The second-order valence-corrected chi connectivity index (χ2v) is 11.8. The highest BCUT2D eigenvalue weighted by molar-refractivity contribution is 5.71. The Bertz CT molecular complexity index is 1400. The number of aryl methyl sites for hydroxylation is 1. The normalized spacial score (nSPS) is 18.1. The number of hydrogen-bond acceptors (Lipinski definition) is 5. The third kappa shape index (κ3) is 6.25. The maximum absolute atomic E-state index is 15.0. The van der Waals surface area contributed by atoms with E-state index in [4.69, 9.17) is 9.47 Å². The lowest BCUT2D eigenvalue weighted by molar-refractivity contribution is -0.142. The summed E-state index contributed by atoms with van der Waals surface area (Å²) in [6, 6.07) is 14.5. The average molecular weight is 561 g/mol. The molecule has 1 saturated carbocycles. The van der Waals surface area contributed by atoms with Gasteiger partial charge in [-0.1, -0.05) is 44.2 Å². The van der Waals surface area contributed by atoms with Gasteiger partial charge in [0.1, 0.15) is 17.7 Å². The van der Waals surface area contributed by atoms with Gasteiger partial charge in [-0.2, -0.15) is 0 Å². The first kappa shape index (κ1) is 29.1. The molecule has 2 aliphatic rings. The highest BCUT2D eigenvalue weighted by atomic mass is 19.1. The quantitative estimate of drug-likeness (QED) is 0.263. The zero-order valence-corrected chi connectivity index (χ0v) is 24.7. The van der Waals surface area contributed by atoms with Crippen molar-refractivity contribution in [1.29, 1.82) is 0 Å². The van der Waals surface area contributed by atoms with Gasteiger partial charge in [0.05, 0.1) is 19.2 Å². The van der Waals surface area contributed by atoms with Crippen LogP contribution in [0.2, 0.25) is 0 Å². The monoisotopic (exact) mass is 560 g/mol. The van der Waals surface area contributed by atoms with E-state index >= 15 is 4.39 Å². The van der Waals surface area contributed by atoms with Crippen LogP contribution in [-0.4, -0.2) is 40.7 Å². The van der Waals surface area contributed by atoms with Gasteiger partial charge in [-0.3, -0.25) is 9.69 Å². The highest BCUT2D eigenvalue weighted by Gasteiger charge is 2.39. The number of rotatable bonds is 11. The lowest BCUT2D eigenvalue weighted by atomic mass is 9.82. The zero-order valence-electron chi connectivity index (χ0n) is 24.7. The third-order valence-corrected chi connectivity index (χ3v) is 8.82. The molecule has 2 heterocycles. The summed E-state index contributed by atoms with van der Waals surface area (Å²) in [6.07, 6.45) is 4.93. The third-order valence-electron chi connectivity index (χ3n) is 8.82. The average Bonchev–Trinajstić information content (AvgIpc) is 3.81. The van der Waals surface area contributed by atoms with Crippen LogP contribution in [-0.2, 0) is 17.8 Å². The van der Waals surface area contributed by atoms with Gasteiger partial charge < -0.3 is 14.6 Å².